The SMILES string of the molecule is Brc1ccc(COc2ncc(Br)cn2)cc1. The highest BCUT2D eigenvalue weighted by Crippen LogP contribution is 2.13. The fraction of sp³-hybridized carbons (Fsp3) is 0.0909. The molecule has 0 saturated heterocycles. The van der Waals surface area contributed by atoms with E-state index in [2.05, 4.69) is 41.8 Å². The zero-order chi connectivity index (χ0) is 11.4. The molecule has 0 fully saturated rings. The second kappa shape index (κ2) is 5.41. The molecular weight excluding hydrogens is 336 g/mol. The zero-order valence-corrected chi connectivity index (χ0v) is 11.4. The summed E-state index contributed by atoms with van der Waals surface area (Å²) in [6.07, 6.45) is 3.31. The van der Waals surface area contributed by atoms with Gasteiger partial charge in [-0.2, -0.15) is 0 Å². The maximum absolute atomic E-state index is 5.43. The van der Waals surface area contributed by atoms with Gasteiger partial charge in [0.25, 0.3) is 0 Å². The Morgan fingerprint density at radius 3 is 2.19 bits per heavy atom. The second-order valence-corrected chi connectivity index (χ2v) is 4.93. The first kappa shape index (κ1) is 11.5. The highest BCUT2D eigenvalue weighted by Gasteiger charge is 1.98. The molecule has 2 rings (SSSR count). The standard InChI is InChI=1S/C11H8Br2N2O/c12-9-3-1-8(2-4-9)7-16-11-14-5-10(13)6-15-11/h1-6H,7H2. The van der Waals surface area contributed by atoms with Crippen molar-refractivity contribution in [1.29, 1.82) is 0 Å². The average Bonchev–Trinajstić information content (AvgIpc) is 2.30. The fourth-order valence-corrected chi connectivity index (χ4v) is 1.57. The molecule has 5 heteroatoms. The van der Waals surface area contributed by atoms with E-state index in [4.69, 9.17) is 4.74 Å². The number of nitrogens with zero attached hydrogens (tertiary/aromatic N) is 2. The van der Waals surface area contributed by atoms with E-state index in [1.165, 1.54) is 0 Å². The molecule has 0 amide bonds. The van der Waals surface area contributed by atoms with E-state index >= 15 is 0 Å². The summed E-state index contributed by atoms with van der Waals surface area (Å²) in [5, 5.41) is 0. The van der Waals surface area contributed by atoms with Gasteiger partial charge in [0.15, 0.2) is 0 Å². The molecule has 0 aliphatic carbocycles. The van der Waals surface area contributed by atoms with Crippen molar-refractivity contribution in [3.63, 3.8) is 0 Å². The highest BCUT2D eigenvalue weighted by molar-refractivity contribution is 9.10. The molecule has 82 valence electrons. The molecule has 3 nitrogen and oxygen atoms in total. The Hall–Kier alpha value is -0.940. The van der Waals surface area contributed by atoms with Crippen LogP contribution in [-0.4, -0.2) is 9.97 Å². The van der Waals surface area contributed by atoms with E-state index in [0.29, 0.717) is 12.6 Å². The van der Waals surface area contributed by atoms with Crippen LogP contribution in [0.2, 0.25) is 0 Å². The third-order valence-corrected chi connectivity index (χ3v) is 2.82. The first-order valence-corrected chi connectivity index (χ1v) is 6.17. The summed E-state index contributed by atoms with van der Waals surface area (Å²) >= 11 is 6.64. The quantitative estimate of drug-likeness (QED) is 0.854. The number of hydrogen-bond acceptors (Lipinski definition) is 3. The van der Waals surface area contributed by atoms with Gasteiger partial charge in [0.2, 0.25) is 0 Å². The van der Waals surface area contributed by atoms with Crippen LogP contribution in [0.3, 0.4) is 0 Å². The molecule has 0 unspecified atom stereocenters. The van der Waals surface area contributed by atoms with Crippen LogP contribution in [0, 0.1) is 0 Å². The summed E-state index contributed by atoms with van der Waals surface area (Å²) in [5.74, 6) is 0. The van der Waals surface area contributed by atoms with Crippen LogP contribution in [0.4, 0.5) is 0 Å². The average molecular weight is 344 g/mol. The number of hydrogen-bond donors (Lipinski definition) is 0. The predicted molar refractivity (Wildman–Crippen MR) is 68.2 cm³/mol. The molecule has 16 heavy (non-hydrogen) atoms. The molecule has 0 bridgehead atoms. The lowest BCUT2D eigenvalue weighted by molar-refractivity contribution is 0.280. The van der Waals surface area contributed by atoms with Crippen molar-refractivity contribution >= 4 is 31.9 Å². The maximum Gasteiger partial charge on any atom is 0.316 e. The van der Waals surface area contributed by atoms with Crippen molar-refractivity contribution in [3.05, 3.63) is 51.2 Å². The molecule has 0 spiro atoms. The molecule has 1 heterocycles. The summed E-state index contributed by atoms with van der Waals surface area (Å²) in [6, 6.07) is 8.31. The first-order valence-electron chi connectivity index (χ1n) is 4.59. The molecule has 1 aromatic carbocycles. The van der Waals surface area contributed by atoms with Crippen molar-refractivity contribution in [1.82, 2.24) is 9.97 Å². The summed E-state index contributed by atoms with van der Waals surface area (Å²) in [7, 11) is 0. The van der Waals surface area contributed by atoms with Gasteiger partial charge in [0.05, 0.1) is 4.47 Å². The first-order chi connectivity index (χ1) is 7.74. The Morgan fingerprint density at radius 1 is 0.938 bits per heavy atom. The summed E-state index contributed by atoms with van der Waals surface area (Å²) in [5.41, 5.74) is 1.08. The lowest BCUT2D eigenvalue weighted by atomic mass is 10.2. The Morgan fingerprint density at radius 2 is 1.56 bits per heavy atom. The maximum atomic E-state index is 5.43. The summed E-state index contributed by atoms with van der Waals surface area (Å²) in [6.45, 7) is 0.467. The number of benzene rings is 1. The fourth-order valence-electron chi connectivity index (χ4n) is 1.10. The number of rotatable bonds is 3. The minimum atomic E-state index is 0.381. The zero-order valence-electron chi connectivity index (χ0n) is 8.23. The van der Waals surface area contributed by atoms with E-state index in [0.717, 1.165) is 14.5 Å². The van der Waals surface area contributed by atoms with Crippen LogP contribution < -0.4 is 4.74 Å². The van der Waals surface area contributed by atoms with Crippen molar-refractivity contribution < 1.29 is 4.74 Å². The molecule has 0 aliphatic rings. The smallest absolute Gasteiger partial charge is 0.316 e. The van der Waals surface area contributed by atoms with Gasteiger partial charge >= 0.3 is 6.01 Å². The monoisotopic (exact) mass is 342 g/mol. The van der Waals surface area contributed by atoms with Crippen LogP contribution in [0.15, 0.2) is 45.6 Å². The van der Waals surface area contributed by atoms with Gasteiger partial charge in [-0.15, -0.1) is 0 Å². The molecular formula is C11H8Br2N2O. The van der Waals surface area contributed by atoms with Crippen LogP contribution in [0.25, 0.3) is 0 Å². The van der Waals surface area contributed by atoms with Gasteiger partial charge in [-0.25, -0.2) is 9.97 Å². The Balaban J connectivity index is 1.97. The van der Waals surface area contributed by atoms with Crippen molar-refractivity contribution in [2.75, 3.05) is 0 Å². The summed E-state index contributed by atoms with van der Waals surface area (Å²) < 4.78 is 7.32. The van der Waals surface area contributed by atoms with Gasteiger partial charge in [-0.1, -0.05) is 28.1 Å². The summed E-state index contributed by atoms with van der Waals surface area (Å²) in [4.78, 5) is 8.04. The van der Waals surface area contributed by atoms with E-state index in [-0.39, 0.29) is 0 Å². The van der Waals surface area contributed by atoms with Crippen LogP contribution in [-0.2, 0) is 6.61 Å². The molecule has 0 radical (unpaired) electrons. The van der Waals surface area contributed by atoms with Gasteiger partial charge in [-0.05, 0) is 33.6 Å². The van der Waals surface area contributed by atoms with Crippen LogP contribution >= 0.6 is 31.9 Å². The Kier molecular flexibility index (Phi) is 3.90. The van der Waals surface area contributed by atoms with Gasteiger partial charge < -0.3 is 4.74 Å². The molecule has 1 aromatic heterocycles. The lowest BCUT2D eigenvalue weighted by Crippen LogP contribution is -1.98. The number of halogens is 2. The molecule has 2 aromatic rings. The lowest BCUT2D eigenvalue weighted by Gasteiger charge is -2.03. The number of aromatic nitrogens is 2. The normalized spacial score (nSPS) is 10.1. The van der Waals surface area contributed by atoms with E-state index in [9.17, 15) is 0 Å². The Bertz CT molecular complexity index is 411. The van der Waals surface area contributed by atoms with E-state index in [1.807, 2.05) is 24.3 Å². The van der Waals surface area contributed by atoms with E-state index < -0.39 is 0 Å². The molecule has 0 saturated carbocycles. The molecule has 0 atom stereocenters. The molecule has 0 aliphatic heterocycles. The van der Waals surface area contributed by atoms with Crippen LogP contribution in [0.5, 0.6) is 6.01 Å². The second-order valence-electron chi connectivity index (χ2n) is 3.10. The number of ether oxygens (including phenoxy) is 1. The minimum absolute atomic E-state index is 0.381. The Labute approximate surface area is 110 Å². The van der Waals surface area contributed by atoms with Gasteiger partial charge in [0, 0.05) is 16.9 Å². The van der Waals surface area contributed by atoms with Crippen molar-refractivity contribution in [2.24, 2.45) is 0 Å². The topological polar surface area (TPSA) is 35.0 Å². The predicted octanol–water partition coefficient (Wildman–Crippen LogP) is 3.58. The van der Waals surface area contributed by atoms with E-state index in [1.54, 1.807) is 12.4 Å². The largest absolute Gasteiger partial charge is 0.459 e. The molecule has 0 N–H and O–H groups in total. The minimum Gasteiger partial charge on any atom is -0.459 e. The van der Waals surface area contributed by atoms with Crippen molar-refractivity contribution in [3.8, 4) is 6.01 Å². The van der Waals surface area contributed by atoms with Crippen LogP contribution in [0.1, 0.15) is 5.56 Å². The van der Waals surface area contributed by atoms with Gasteiger partial charge in [0.1, 0.15) is 6.61 Å². The third kappa shape index (κ3) is 3.28. The van der Waals surface area contributed by atoms with Crippen molar-refractivity contribution in [2.45, 2.75) is 6.61 Å². The van der Waals surface area contributed by atoms with Gasteiger partial charge in [-0.3, -0.25) is 0 Å². The third-order valence-electron chi connectivity index (χ3n) is 1.88. The highest BCUT2D eigenvalue weighted by atomic mass is 79.9.